The maximum atomic E-state index is 10.9. The van der Waals surface area contributed by atoms with Crippen LogP contribution in [-0.4, -0.2) is 67.1 Å². The van der Waals surface area contributed by atoms with E-state index in [0.29, 0.717) is 0 Å². The van der Waals surface area contributed by atoms with Crippen LogP contribution in [0.4, 0.5) is 0 Å². The number of carboxylic acids is 1. The number of aliphatic hydroxyl groups is 5. The molecule has 0 saturated heterocycles. The van der Waals surface area contributed by atoms with E-state index in [9.17, 15) is 25.2 Å². The lowest BCUT2D eigenvalue weighted by Crippen LogP contribution is -2.54. The predicted octanol–water partition coefficient (Wildman–Crippen LogP) is -2.32. The molecule has 0 aliphatic heterocycles. The van der Waals surface area contributed by atoms with Crippen molar-refractivity contribution in [2.75, 3.05) is 6.61 Å². The molecule has 0 bridgehead atoms. The lowest BCUT2D eigenvalue weighted by Gasteiger charge is -2.40. The van der Waals surface area contributed by atoms with Crippen LogP contribution in [0.25, 0.3) is 0 Å². The summed E-state index contributed by atoms with van der Waals surface area (Å²) >= 11 is 0. The number of aliphatic hydroxyl groups excluding tert-OH is 4. The Labute approximate surface area is 97.9 Å². The van der Waals surface area contributed by atoms with Crippen molar-refractivity contribution in [2.45, 2.75) is 43.2 Å². The maximum absolute atomic E-state index is 10.9. The molecule has 17 heavy (non-hydrogen) atoms. The molecule has 1 aliphatic rings. The van der Waals surface area contributed by atoms with E-state index in [2.05, 4.69) is 0 Å². The predicted molar refractivity (Wildman–Crippen MR) is 55.0 cm³/mol. The third-order valence-corrected chi connectivity index (χ3v) is 3.21. The Bertz CT molecular complexity index is 282. The zero-order valence-corrected chi connectivity index (χ0v) is 9.23. The van der Waals surface area contributed by atoms with Crippen LogP contribution >= 0.6 is 0 Å². The second-order valence-corrected chi connectivity index (χ2v) is 4.64. The van der Waals surface area contributed by atoms with Gasteiger partial charge in [0.05, 0.1) is 24.9 Å². The fourth-order valence-corrected chi connectivity index (χ4v) is 2.24. The number of aliphatic carboxylic acids is 1. The summed E-state index contributed by atoms with van der Waals surface area (Å²) < 4.78 is 0. The topological polar surface area (TPSA) is 138 Å². The van der Waals surface area contributed by atoms with Gasteiger partial charge in [-0.1, -0.05) is 0 Å². The largest absolute Gasteiger partial charge is 0.479 e. The minimum Gasteiger partial charge on any atom is -0.479 e. The Kier molecular flexibility index (Phi) is 4.45. The average molecular weight is 250 g/mol. The van der Waals surface area contributed by atoms with Crippen LogP contribution in [0.1, 0.15) is 19.3 Å². The minimum atomic E-state index is -2.10. The van der Waals surface area contributed by atoms with Gasteiger partial charge >= 0.3 is 5.97 Å². The summed E-state index contributed by atoms with van der Waals surface area (Å²) in [7, 11) is 0. The van der Waals surface area contributed by atoms with Gasteiger partial charge in [0.2, 0.25) is 0 Å². The summed E-state index contributed by atoms with van der Waals surface area (Å²) in [6.07, 6.45) is -4.48. The van der Waals surface area contributed by atoms with Crippen LogP contribution in [-0.2, 0) is 4.79 Å². The summed E-state index contributed by atoms with van der Waals surface area (Å²) in [4.78, 5) is 10.9. The Morgan fingerprint density at radius 3 is 2.41 bits per heavy atom. The maximum Gasteiger partial charge on any atom is 0.335 e. The van der Waals surface area contributed by atoms with Crippen LogP contribution in [0, 0.1) is 5.92 Å². The number of hydrogen-bond donors (Lipinski definition) is 6. The molecule has 7 heteroatoms. The molecule has 0 aromatic rings. The van der Waals surface area contributed by atoms with Gasteiger partial charge in [-0.25, -0.2) is 4.79 Å². The second-order valence-electron chi connectivity index (χ2n) is 4.64. The zero-order valence-electron chi connectivity index (χ0n) is 9.23. The molecule has 100 valence electrons. The van der Waals surface area contributed by atoms with Crippen LogP contribution in [0.15, 0.2) is 0 Å². The van der Waals surface area contributed by atoms with E-state index in [0.717, 1.165) is 0 Å². The Balaban J connectivity index is 2.78. The van der Waals surface area contributed by atoms with Crippen molar-refractivity contribution in [3.63, 3.8) is 0 Å². The second kappa shape index (κ2) is 5.28. The van der Waals surface area contributed by atoms with Gasteiger partial charge in [0.15, 0.2) is 5.60 Å². The van der Waals surface area contributed by atoms with Gasteiger partial charge < -0.3 is 30.6 Å². The van der Waals surface area contributed by atoms with Crippen LogP contribution < -0.4 is 0 Å². The molecule has 0 spiro atoms. The SMILES string of the molecule is O=C(O)[C@]1(O)C[C@H](CC(O)CO)[C@@H](O)[C@H](O)C1. The first-order chi connectivity index (χ1) is 7.80. The van der Waals surface area contributed by atoms with E-state index < -0.39 is 48.8 Å². The van der Waals surface area contributed by atoms with E-state index in [4.69, 9.17) is 10.2 Å². The number of hydrogen-bond acceptors (Lipinski definition) is 6. The van der Waals surface area contributed by atoms with E-state index in [1.54, 1.807) is 0 Å². The highest BCUT2D eigenvalue weighted by atomic mass is 16.4. The summed E-state index contributed by atoms with van der Waals surface area (Å²) in [5, 5.41) is 55.7. The summed E-state index contributed by atoms with van der Waals surface area (Å²) in [5.74, 6) is -2.24. The fourth-order valence-electron chi connectivity index (χ4n) is 2.24. The molecule has 1 saturated carbocycles. The monoisotopic (exact) mass is 250 g/mol. The Morgan fingerprint density at radius 2 is 1.94 bits per heavy atom. The van der Waals surface area contributed by atoms with Gasteiger partial charge in [0.1, 0.15) is 0 Å². The molecular formula is C10H18O7. The highest BCUT2D eigenvalue weighted by Gasteiger charge is 2.48. The summed E-state index contributed by atoms with van der Waals surface area (Å²) in [6.45, 7) is -0.523. The van der Waals surface area contributed by atoms with Gasteiger partial charge in [-0.3, -0.25) is 0 Å². The van der Waals surface area contributed by atoms with Crippen LogP contribution in [0.2, 0.25) is 0 Å². The molecule has 0 amide bonds. The first-order valence-corrected chi connectivity index (χ1v) is 5.41. The van der Waals surface area contributed by atoms with Gasteiger partial charge in [-0.05, 0) is 18.8 Å². The normalized spacial score (nSPS) is 39.9. The van der Waals surface area contributed by atoms with Crippen LogP contribution in [0.3, 0.4) is 0 Å². The third-order valence-electron chi connectivity index (χ3n) is 3.21. The van der Waals surface area contributed by atoms with Gasteiger partial charge in [0.25, 0.3) is 0 Å². The lowest BCUT2D eigenvalue weighted by atomic mass is 9.73. The van der Waals surface area contributed by atoms with Crippen molar-refractivity contribution < 1.29 is 35.4 Å². The first kappa shape index (κ1) is 14.3. The minimum absolute atomic E-state index is 0.0791. The first-order valence-electron chi connectivity index (χ1n) is 5.41. The molecule has 0 heterocycles. The number of carboxylic acid groups (broad SMARTS) is 1. The molecule has 5 atom stereocenters. The lowest BCUT2D eigenvalue weighted by molar-refractivity contribution is -0.180. The Morgan fingerprint density at radius 1 is 1.35 bits per heavy atom. The number of rotatable bonds is 4. The average Bonchev–Trinajstić information content (AvgIpc) is 2.25. The van der Waals surface area contributed by atoms with Crippen molar-refractivity contribution in [3.05, 3.63) is 0 Å². The molecule has 1 fully saturated rings. The fraction of sp³-hybridized carbons (Fsp3) is 0.900. The quantitative estimate of drug-likeness (QED) is 0.329. The smallest absolute Gasteiger partial charge is 0.335 e. The van der Waals surface area contributed by atoms with Gasteiger partial charge in [-0.15, -0.1) is 0 Å². The van der Waals surface area contributed by atoms with Crippen molar-refractivity contribution >= 4 is 5.97 Å². The molecule has 1 rings (SSSR count). The third kappa shape index (κ3) is 3.14. The van der Waals surface area contributed by atoms with E-state index in [1.165, 1.54) is 0 Å². The standard InChI is InChI=1S/C10H18O7/c11-4-6(12)1-5-2-10(17,9(15)16)3-7(13)8(5)14/h5-8,11-14,17H,1-4H2,(H,15,16)/t5-,6?,7+,8+,10-/m0/s1. The molecule has 0 aromatic carbocycles. The number of carbonyl (C=O) groups is 1. The summed E-state index contributed by atoms with van der Waals surface area (Å²) in [6, 6.07) is 0. The molecule has 0 aromatic heterocycles. The molecule has 0 radical (unpaired) electrons. The highest BCUT2D eigenvalue weighted by molar-refractivity contribution is 5.77. The van der Waals surface area contributed by atoms with Crippen molar-refractivity contribution in [2.24, 2.45) is 5.92 Å². The summed E-state index contributed by atoms with van der Waals surface area (Å²) in [5.41, 5.74) is -2.10. The molecule has 1 aliphatic carbocycles. The molecular weight excluding hydrogens is 232 g/mol. The molecule has 6 N–H and O–H groups in total. The van der Waals surface area contributed by atoms with Crippen molar-refractivity contribution in [1.29, 1.82) is 0 Å². The molecule has 1 unspecified atom stereocenters. The zero-order chi connectivity index (χ0) is 13.2. The van der Waals surface area contributed by atoms with E-state index >= 15 is 0 Å². The van der Waals surface area contributed by atoms with Crippen molar-refractivity contribution in [1.82, 2.24) is 0 Å². The van der Waals surface area contributed by atoms with E-state index in [1.807, 2.05) is 0 Å². The Hall–Kier alpha value is -0.730. The van der Waals surface area contributed by atoms with Gasteiger partial charge in [0, 0.05) is 6.42 Å². The van der Waals surface area contributed by atoms with Gasteiger partial charge in [-0.2, -0.15) is 0 Å². The van der Waals surface area contributed by atoms with Crippen LogP contribution in [0.5, 0.6) is 0 Å². The van der Waals surface area contributed by atoms with E-state index in [-0.39, 0.29) is 12.8 Å². The highest BCUT2D eigenvalue weighted by Crippen LogP contribution is 2.35. The van der Waals surface area contributed by atoms with Crippen molar-refractivity contribution in [3.8, 4) is 0 Å². The molecule has 7 nitrogen and oxygen atoms in total.